The third-order valence-electron chi connectivity index (χ3n) is 4.66. The molecule has 22 heavy (non-hydrogen) atoms. The van der Waals surface area contributed by atoms with Gasteiger partial charge in [0.1, 0.15) is 0 Å². The number of allylic oxidation sites excluding steroid dienone is 4. The molecule has 1 heteroatoms. The van der Waals surface area contributed by atoms with E-state index in [2.05, 4.69) is 68.5 Å². The molecular formula is C21H20S. The molecule has 110 valence electrons. The fraction of sp³-hybridized carbons (Fsp3) is 0.238. The first kappa shape index (κ1) is 13.8. The molecule has 0 fully saturated rings. The smallest absolute Gasteiger partial charge is 0.0390 e. The third-order valence-corrected chi connectivity index (χ3v) is 5.93. The summed E-state index contributed by atoms with van der Waals surface area (Å²) in [6.07, 6.45) is 9.06. The summed E-state index contributed by atoms with van der Waals surface area (Å²) >= 11 is 1.94. The zero-order valence-electron chi connectivity index (χ0n) is 13.1. The van der Waals surface area contributed by atoms with E-state index in [1.165, 1.54) is 37.7 Å². The zero-order chi connectivity index (χ0) is 15.1. The van der Waals surface area contributed by atoms with Crippen LogP contribution in [0.15, 0.2) is 60.2 Å². The molecular weight excluding hydrogens is 284 g/mol. The Morgan fingerprint density at radius 2 is 2.00 bits per heavy atom. The fourth-order valence-corrected chi connectivity index (χ4v) is 4.63. The van der Waals surface area contributed by atoms with Gasteiger partial charge in [0, 0.05) is 20.2 Å². The van der Waals surface area contributed by atoms with E-state index in [-0.39, 0.29) is 0 Å². The first-order valence-electron chi connectivity index (χ1n) is 7.99. The van der Waals surface area contributed by atoms with Crippen LogP contribution < -0.4 is 0 Å². The van der Waals surface area contributed by atoms with Crippen molar-refractivity contribution in [2.45, 2.75) is 26.7 Å². The highest BCUT2D eigenvalue weighted by atomic mass is 32.1. The van der Waals surface area contributed by atoms with Gasteiger partial charge in [-0.1, -0.05) is 60.6 Å². The van der Waals surface area contributed by atoms with Gasteiger partial charge in [-0.25, -0.2) is 0 Å². The number of thiophene rings is 1. The summed E-state index contributed by atoms with van der Waals surface area (Å²) in [6.45, 7) is 4.56. The largest absolute Gasteiger partial charge is 0.135 e. The van der Waals surface area contributed by atoms with Crippen LogP contribution in [0.2, 0.25) is 0 Å². The maximum absolute atomic E-state index is 2.38. The number of hydrogen-bond donors (Lipinski definition) is 0. The number of hydrogen-bond acceptors (Lipinski definition) is 1. The summed E-state index contributed by atoms with van der Waals surface area (Å²) in [6, 6.07) is 13.5. The summed E-state index contributed by atoms with van der Waals surface area (Å²) in [4.78, 5) is 0. The molecule has 1 heterocycles. The van der Waals surface area contributed by atoms with E-state index in [0.717, 1.165) is 6.42 Å². The Labute approximate surface area is 135 Å². The maximum Gasteiger partial charge on any atom is 0.0390 e. The van der Waals surface area contributed by atoms with Gasteiger partial charge in [0.25, 0.3) is 0 Å². The van der Waals surface area contributed by atoms with Crippen LogP contribution in [0.4, 0.5) is 0 Å². The monoisotopic (exact) mass is 304 g/mol. The molecule has 0 N–H and O–H groups in total. The van der Waals surface area contributed by atoms with Crippen molar-refractivity contribution in [3.63, 3.8) is 0 Å². The molecule has 1 unspecified atom stereocenters. The highest BCUT2D eigenvalue weighted by Gasteiger charge is 2.14. The second-order valence-corrected chi connectivity index (χ2v) is 7.43. The number of rotatable bonds is 2. The molecule has 0 saturated heterocycles. The molecule has 1 aromatic heterocycles. The molecule has 3 aromatic rings. The van der Waals surface area contributed by atoms with E-state index < -0.39 is 0 Å². The highest BCUT2D eigenvalue weighted by Crippen LogP contribution is 2.38. The van der Waals surface area contributed by atoms with Crippen LogP contribution in [0.3, 0.4) is 0 Å². The summed E-state index contributed by atoms with van der Waals surface area (Å²) in [5.74, 6) is 0.662. The quantitative estimate of drug-likeness (QED) is 0.512. The summed E-state index contributed by atoms with van der Waals surface area (Å²) in [5, 5.41) is 2.83. The molecule has 0 radical (unpaired) electrons. The molecule has 1 aliphatic rings. The van der Waals surface area contributed by atoms with Gasteiger partial charge >= 0.3 is 0 Å². The van der Waals surface area contributed by atoms with Crippen LogP contribution >= 0.6 is 11.3 Å². The molecule has 0 saturated carbocycles. The Morgan fingerprint density at radius 3 is 2.86 bits per heavy atom. The van der Waals surface area contributed by atoms with Crippen molar-refractivity contribution in [2.24, 2.45) is 5.92 Å². The first-order valence-corrected chi connectivity index (χ1v) is 8.80. The molecule has 1 aliphatic carbocycles. The van der Waals surface area contributed by atoms with Crippen LogP contribution in [0.25, 0.3) is 20.2 Å². The Hall–Kier alpha value is -1.86. The molecule has 0 nitrogen and oxygen atoms in total. The number of fused-ring (bicyclic) bond motifs is 3. The lowest BCUT2D eigenvalue weighted by Crippen LogP contribution is -2.04. The Kier molecular flexibility index (Phi) is 3.38. The predicted molar refractivity (Wildman–Crippen MR) is 98.8 cm³/mol. The summed E-state index contributed by atoms with van der Waals surface area (Å²) in [7, 11) is 0. The van der Waals surface area contributed by atoms with Crippen molar-refractivity contribution in [2.75, 3.05) is 0 Å². The van der Waals surface area contributed by atoms with Crippen molar-refractivity contribution >= 4 is 31.5 Å². The van der Waals surface area contributed by atoms with Crippen LogP contribution in [0, 0.1) is 12.8 Å². The van der Waals surface area contributed by atoms with Gasteiger partial charge in [0.2, 0.25) is 0 Å². The molecule has 4 rings (SSSR count). The van der Waals surface area contributed by atoms with E-state index in [1.54, 1.807) is 5.57 Å². The lowest BCUT2D eigenvalue weighted by molar-refractivity contribution is 0.667. The SMILES string of the molecule is Cc1cc(CC2=CC=CCC2C)c2sc3ccccc3c2c1. The Morgan fingerprint density at radius 1 is 1.14 bits per heavy atom. The van der Waals surface area contributed by atoms with Gasteiger partial charge < -0.3 is 0 Å². The molecule has 0 spiro atoms. The van der Waals surface area contributed by atoms with Crippen LogP contribution in [0.1, 0.15) is 24.5 Å². The minimum Gasteiger partial charge on any atom is -0.135 e. The maximum atomic E-state index is 2.38. The fourth-order valence-electron chi connectivity index (χ4n) is 3.43. The minimum absolute atomic E-state index is 0.662. The standard InChI is InChI=1S/C21H20S/c1-14-11-17(13-16-8-4-3-7-15(16)2)21-19(12-14)18-9-5-6-10-20(18)22-21/h3-6,8-12,15H,7,13H2,1-2H3. The van der Waals surface area contributed by atoms with E-state index in [1.807, 2.05) is 11.3 Å². The van der Waals surface area contributed by atoms with Gasteiger partial charge in [-0.05, 0) is 43.4 Å². The van der Waals surface area contributed by atoms with Gasteiger partial charge in [0.15, 0.2) is 0 Å². The summed E-state index contributed by atoms with van der Waals surface area (Å²) in [5.41, 5.74) is 4.42. The van der Waals surface area contributed by atoms with Gasteiger partial charge in [-0.2, -0.15) is 0 Å². The zero-order valence-corrected chi connectivity index (χ0v) is 13.9. The normalized spacial score (nSPS) is 18.1. The summed E-state index contributed by atoms with van der Waals surface area (Å²) < 4.78 is 2.87. The van der Waals surface area contributed by atoms with E-state index >= 15 is 0 Å². The first-order chi connectivity index (χ1) is 10.7. The predicted octanol–water partition coefficient (Wildman–Crippen LogP) is 6.43. The van der Waals surface area contributed by atoms with Crippen LogP contribution in [-0.2, 0) is 6.42 Å². The van der Waals surface area contributed by atoms with Gasteiger partial charge in [0.05, 0.1) is 0 Å². The highest BCUT2D eigenvalue weighted by molar-refractivity contribution is 7.26. The number of aryl methyl sites for hydroxylation is 1. The minimum atomic E-state index is 0.662. The average molecular weight is 304 g/mol. The average Bonchev–Trinajstić information content (AvgIpc) is 2.88. The van der Waals surface area contributed by atoms with Crippen molar-refractivity contribution in [3.05, 3.63) is 71.3 Å². The third kappa shape index (κ3) is 2.30. The van der Waals surface area contributed by atoms with Crippen molar-refractivity contribution in [1.29, 1.82) is 0 Å². The van der Waals surface area contributed by atoms with Crippen molar-refractivity contribution < 1.29 is 0 Å². The Balaban J connectivity index is 1.90. The topological polar surface area (TPSA) is 0 Å². The molecule has 0 amide bonds. The van der Waals surface area contributed by atoms with Crippen molar-refractivity contribution in [1.82, 2.24) is 0 Å². The van der Waals surface area contributed by atoms with Gasteiger partial charge in [-0.3, -0.25) is 0 Å². The lowest BCUT2D eigenvalue weighted by atomic mass is 9.88. The van der Waals surface area contributed by atoms with E-state index in [0.29, 0.717) is 5.92 Å². The van der Waals surface area contributed by atoms with Crippen LogP contribution in [0.5, 0.6) is 0 Å². The second-order valence-electron chi connectivity index (χ2n) is 6.38. The van der Waals surface area contributed by atoms with E-state index in [9.17, 15) is 0 Å². The Bertz CT molecular complexity index is 908. The molecule has 2 aromatic carbocycles. The second kappa shape index (κ2) is 5.40. The molecule has 1 atom stereocenters. The van der Waals surface area contributed by atoms with Crippen LogP contribution in [-0.4, -0.2) is 0 Å². The molecule has 0 bridgehead atoms. The van der Waals surface area contributed by atoms with Crippen molar-refractivity contribution in [3.8, 4) is 0 Å². The lowest BCUT2D eigenvalue weighted by Gasteiger charge is -2.18. The number of benzene rings is 2. The van der Waals surface area contributed by atoms with Gasteiger partial charge in [-0.15, -0.1) is 11.3 Å². The molecule has 0 aliphatic heterocycles. The van der Waals surface area contributed by atoms with E-state index in [4.69, 9.17) is 0 Å².